The fraction of sp³-hybridized carbons (Fsp3) is 0.500. The van der Waals surface area contributed by atoms with Crippen molar-refractivity contribution in [3.63, 3.8) is 0 Å². The highest BCUT2D eigenvalue weighted by atomic mass is 31.2. The van der Waals surface area contributed by atoms with Gasteiger partial charge in [0.25, 0.3) is 5.65 Å². The van der Waals surface area contributed by atoms with Gasteiger partial charge in [-0.1, -0.05) is 0 Å². The zero-order chi connectivity index (χ0) is 20.0. The Bertz CT molecular complexity index is 994. The Morgan fingerprint density at radius 1 is 1.33 bits per heavy atom. The summed E-state index contributed by atoms with van der Waals surface area (Å²) in [5, 5.41) is 0. The predicted octanol–water partition coefficient (Wildman–Crippen LogP) is -2.00. The summed E-state index contributed by atoms with van der Waals surface area (Å²) in [5.41, 5.74) is 5.45. The number of nitrogen functional groups attached to an aromatic ring is 1. The van der Waals surface area contributed by atoms with Crippen molar-refractivity contribution < 1.29 is 47.1 Å². The van der Waals surface area contributed by atoms with Crippen LogP contribution in [0.4, 0.5) is 5.95 Å². The highest BCUT2D eigenvalue weighted by molar-refractivity contribution is 7.46. The molecule has 0 amide bonds. The molecule has 0 bridgehead atoms. The van der Waals surface area contributed by atoms with Gasteiger partial charge in [0.15, 0.2) is 18.1 Å². The van der Waals surface area contributed by atoms with E-state index in [-0.39, 0.29) is 23.5 Å². The minimum absolute atomic E-state index is 0.0789. The van der Waals surface area contributed by atoms with E-state index >= 15 is 0 Å². The molecule has 1 fully saturated rings. The Hall–Kier alpha value is -1.67. The topological polar surface area (TPSA) is 234 Å². The number of nitrogens with zero attached hydrogens (tertiary/aromatic N) is 2. The van der Waals surface area contributed by atoms with Gasteiger partial charge >= 0.3 is 27.2 Å². The molecule has 3 atom stereocenters. The van der Waals surface area contributed by atoms with Crippen molar-refractivity contribution in [3.8, 4) is 0 Å². The van der Waals surface area contributed by atoms with E-state index in [1.807, 2.05) is 0 Å². The van der Waals surface area contributed by atoms with Crippen LogP contribution < -0.4 is 15.9 Å². The second-order valence-electron chi connectivity index (χ2n) is 5.60. The summed E-state index contributed by atoms with van der Waals surface area (Å²) in [7, 11) is -9.80. The number of anilines is 1. The summed E-state index contributed by atoms with van der Waals surface area (Å²) in [6.07, 6.45) is -2.49. The van der Waals surface area contributed by atoms with Crippen LogP contribution in [-0.4, -0.2) is 53.3 Å². The number of nitrogens with two attached hydrogens (primary N) is 1. The second-order valence-corrected chi connectivity index (χ2v) is 8.03. The van der Waals surface area contributed by atoms with Crippen LogP contribution >= 0.6 is 15.6 Å². The maximum atomic E-state index is 11.9. The standard InChI is InChI=1S/C10H15N5O10P2/c11-10-14-9(16)7-8(13-3-12-7)15(10)6-1-4(25-27(20,21)22)5(24-6)2-23-26(17,18)19/h3-6H,1-2H2,(H7,11,12,13,14,16,17,18,19,20,21,22)/p+1/t4-,5+,6+/m0/s1. The van der Waals surface area contributed by atoms with E-state index in [2.05, 4.69) is 24.0 Å². The van der Waals surface area contributed by atoms with Gasteiger partial charge in [-0.25, -0.2) is 14.1 Å². The number of rotatable bonds is 6. The Labute approximate surface area is 149 Å². The lowest BCUT2D eigenvalue weighted by Crippen LogP contribution is -2.46. The molecule has 1 saturated heterocycles. The quantitative estimate of drug-likeness (QED) is 0.195. The van der Waals surface area contributed by atoms with Crippen molar-refractivity contribution in [1.82, 2.24) is 15.0 Å². The van der Waals surface area contributed by atoms with Gasteiger partial charge in [0, 0.05) is 6.42 Å². The average Bonchev–Trinajstić information content (AvgIpc) is 3.10. The number of aromatic nitrogens is 4. The lowest BCUT2D eigenvalue weighted by molar-refractivity contribution is -0.728. The Balaban J connectivity index is 1.93. The van der Waals surface area contributed by atoms with Crippen molar-refractivity contribution >= 4 is 32.8 Å². The summed E-state index contributed by atoms with van der Waals surface area (Å²) < 4.78 is 37.9. The smallest absolute Gasteiger partial charge is 0.340 e. The Morgan fingerprint density at radius 3 is 2.67 bits per heavy atom. The van der Waals surface area contributed by atoms with Crippen LogP contribution in [-0.2, 0) is 22.9 Å². The number of phosphoric acid groups is 2. The Kier molecular flexibility index (Phi) is 5.24. The van der Waals surface area contributed by atoms with Crippen molar-refractivity contribution in [2.45, 2.75) is 24.9 Å². The van der Waals surface area contributed by atoms with Gasteiger partial charge in [0.2, 0.25) is 0 Å². The van der Waals surface area contributed by atoms with E-state index < -0.39 is 46.2 Å². The summed E-state index contributed by atoms with van der Waals surface area (Å²) >= 11 is 0. The van der Waals surface area contributed by atoms with Crippen molar-refractivity contribution in [3.05, 3.63) is 16.7 Å². The highest BCUT2D eigenvalue weighted by Crippen LogP contribution is 2.44. The van der Waals surface area contributed by atoms with E-state index in [1.165, 1.54) is 10.9 Å². The molecule has 0 saturated carbocycles. The van der Waals surface area contributed by atoms with E-state index in [1.54, 1.807) is 0 Å². The van der Waals surface area contributed by atoms with Crippen LogP contribution in [0.2, 0.25) is 0 Å². The SMILES string of the molecule is Nc1[nH]c(=O)c2[nH]cnc2[n+]1[C@H]1C[C@H](OP(=O)(O)O)[C@@H](COP(=O)(O)O)O1. The second kappa shape index (κ2) is 7.05. The molecule has 17 heteroatoms. The summed E-state index contributed by atoms with van der Waals surface area (Å²) in [4.78, 5) is 56.6. The van der Waals surface area contributed by atoms with Gasteiger partial charge in [0.05, 0.1) is 6.61 Å². The molecule has 0 spiro atoms. The molecule has 8 N–H and O–H groups in total. The number of phosphoric ester groups is 2. The Morgan fingerprint density at radius 2 is 2.04 bits per heavy atom. The molecular formula is C10H16N5O10P2+. The maximum absolute atomic E-state index is 11.9. The molecule has 150 valence electrons. The molecule has 1 aliphatic rings. The third-order valence-corrected chi connectivity index (χ3v) is 4.75. The number of hydrogen-bond donors (Lipinski definition) is 7. The molecule has 0 radical (unpaired) electrons. The number of imidazole rings is 1. The van der Waals surface area contributed by atoms with E-state index in [0.717, 1.165) is 0 Å². The van der Waals surface area contributed by atoms with E-state index in [0.29, 0.717) is 0 Å². The van der Waals surface area contributed by atoms with Gasteiger partial charge in [-0.15, -0.1) is 4.98 Å². The third kappa shape index (κ3) is 4.60. The lowest BCUT2D eigenvalue weighted by Gasteiger charge is -2.19. The van der Waals surface area contributed by atoms with Crippen molar-refractivity contribution in [1.29, 1.82) is 0 Å². The number of hydrogen-bond acceptors (Lipinski definition) is 8. The number of fused-ring (bicyclic) bond motifs is 1. The monoisotopic (exact) mass is 428 g/mol. The van der Waals surface area contributed by atoms with Crippen LogP contribution in [0.25, 0.3) is 11.2 Å². The van der Waals surface area contributed by atoms with Gasteiger partial charge in [0.1, 0.15) is 12.2 Å². The van der Waals surface area contributed by atoms with Crippen molar-refractivity contribution in [2.24, 2.45) is 0 Å². The lowest BCUT2D eigenvalue weighted by atomic mass is 10.2. The van der Waals surface area contributed by atoms with Crippen LogP contribution in [0.1, 0.15) is 12.6 Å². The third-order valence-electron chi connectivity index (χ3n) is 3.72. The molecule has 0 unspecified atom stereocenters. The molecule has 2 aromatic rings. The van der Waals surface area contributed by atoms with Crippen LogP contribution in [0.15, 0.2) is 11.1 Å². The molecule has 2 aromatic heterocycles. The molecular weight excluding hydrogens is 412 g/mol. The fourth-order valence-corrected chi connectivity index (χ4v) is 3.66. The zero-order valence-corrected chi connectivity index (χ0v) is 15.1. The molecule has 0 aliphatic carbocycles. The summed E-state index contributed by atoms with van der Waals surface area (Å²) in [5.74, 6) is -0.156. The zero-order valence-electron chi connectivity index (χ0n) is 13.3. The number of aromatic amines is 2. The average molecular weight is 428 g/mol. The summed E-state index contributed by atoms with van der Waals surface area (Å²) in [6.45, 7) is -0.709. The van der Waals surface area contributed by atoms with Gasteiger partial charge in [-0.2, -0.15) is 4.57 Å². The van der Waals surface area contributed by atoms with Crippen LogP contribution in [0, 0.1) is 0 Å². The maximum Gasteiger partial charge on any atom is 0.469 e. The first-order valence-electron chi connectivity index (χ1n) is 7.30. The molecule has 3 heterocycles. The predicted molar refractivity (Wildman–Crippen MR) is 84.8 cm³/mol. The number of ether oxygens (including phenoxy) is 1. The fourth-order valence-electron chi connectivity index (χ4n) is 2.75. The normalized spacial score (nSPS) is 23.9. The highest BCUT2D eigenvalue weighted by Gasteiger charge is 2.44. The minimum atomic E-state index is -4.94. The van der Waals surface area contributed by atoms with E-state index in [4.69, 9.17) is 30.0 Å². The molecule has 27 heavy (non-hydrogen) atoms. The van der Waals surface area contributed by atoms with Crippen LogP contribution in [0.3, 0.4) is 0 Å². The van der Waals surface area contributed by atoms with Gasteiger partial charge in [-0.05, 0) is 0 Å². The largest absolute Gasteiger partial charge is 0.469 e. The van der Waals surface area contributed by atoms with Crippen molar-refractivity contribution in [2.75, 3.05) is 12.3 Å². The summed E-state index contributed by atoms with van der Waals surface area (Å²) in [6, 6.07) is 0. The number of H-pyrrole nitrogens is 2. The van der Waals surface area contributed by atoms with Crippen LogP contribution in [0.5, 0.6) is 0 Å². The molecule has 0 aromatic carbocycles. The first-order chi connectivity index (χ1) is 12.4. The minimum Gasteiger partial charge on any atom is -0.340 e. The van der Waals surface area contributed by atoms with Gasteiger partial charge < -0.3 is 35.0 Å². The number of nitrogens with one attached hydrogen (secondary N) is 2. The molecule has 3 rings (SSSR count). The van der Waals surface area contributed by atoms with E-state index in [9.17, 15) is 13.9 Å². The molecule has 15 nitrogen and oxygen atoms in total. The first kappa shape index (κ1) is 20.1. The first-order valence-corrected chi connectivity index (χ1v) is 10.4. The van der Waals surface area contributed by atoms with Gasteiger partial charge in [-0.3, -0.25) is 13.8 Å². The molecule has 1 aliphatic heterocycles.